The molecule has 0 fully saturated rings. The summed E-state index contributed by atoms with van der Waals surface area (Å²) in [7, 11) is 0. The topological polar surface area (TPSA) is 169 Å². The molecule has 11 heteroatoms. The maximum atomic E-state index is 11.5. The van der Waals surface area contributed by atoms with E-state index in [1.54, 1.807) is 26.0 Å². The fraction of sp³-hybridized carbons (Fsp3) is 0.353. The SMILES string of the molecule is CC1=C(CCC(=O)O)c2cc3[n-]c(cc4nc(cc5[n-]c(cc1n2)c(C(C)O)c5C)C(C(C)O)=C4C)c(C)c3CCC(=O)O.[Rh+2]. The average Bonchev–Trinajstić information content (AvgIpc) is 3.59. The molecule has 2 aliphatic heterocycles. The molecule has 10 nitrogen and oxygen atoms in total. The number of hydrogen-bond donors (Lipinski definition) is 4. The van der Waals surface area contributed by atoms with Crippen LogP contribution in [0.25, 0.3) is 44.4 Å². The van der Waals surface area contributed by atoms with Crippen LogP contribution in [0.15, 0.2) is 24.3 Å². The molecule has 0 spiro atoms. The second-order valence-electron chi connectivity index (χ2n) is 11.5. The first-order chi connectivity index (χ1) is 20.8. The van der Waals surface area contributed by atoms with E-state index in [1.165, 1.54) is 0 Å². The van der Waals surface area contributed by atoms with Crippen molar-refractivity contribution < 1.29 is 49.5 Å². The Balaban J connectivity index is 0.00000461. The van der Waals surface area contributed by atoms with Gasteiger partial charge in [-0.15, -0.1) is 22.1 Å². The zero-order valence-corrected chi connectivity index (χ0v) is 27.7. The van der Waals surface area contributed by atoms with Gasteiger partial charge in [-0.1, -0.05) is 41.0 Å². The molecule has 2 atom stereocenters. The Morgan fingerprint density at radius 1 is 0.689 bits per heavy atom. The summed E-state index contributed by atoms with van der Waals surface area (Å²) in [5, 5.41) is 40.4. The van der Waals surface area contributed by atoms with Crippen molar-refractivity contribution in [2.24, 2.45) is 0 Å². The molecule has 237 valence electrons. The van der Waals surface area contributed by atoms with Crippen LogP contribution in [0.2, 0.25) is 0 Å². The molecule has 8 bridgehead atoms. The van der Waals surface area contributed by atoms with Gasteiger partial charge in [0.15, 0.2) is 0 Å². The van der Waals surface area contributed by atoms with Crippen LogP contribution in [0.5, 0.6) is 0 Å². The average molecular weight is 700 g/mol. The standard InChI is InChI=1S/C34H38N4O6.Rh/c1-15-21(7-9-31(41)42)27-14-28-22(8-10-32(43)44)16(2)24(36-28)12-29-34(20(6)40)18(4)26(38-29)13-30-33(19(5)39)17(3)25(37-30)11-23(15)35-27;/h11-14,19-20,39-40H,7-10H2,1-6H3,(H4,35,36,37,38,41,42,43,44);/q;+2/p-2. The van der Waals surface area contributed by atoms with Gasteiger partial charge in [0, 0.05) is 18.4 Å². The molecule has 45 heavy (non-hydrogen) atoms. The third-order valence-corrected chi connectivity index (χ3v) is 8.49. The second kappa shape index (κ2) is 13.2. The third-order valence-electron chi connectivity index (χ3n) is 8.49. The van der Waals surface area contributed by atoms with Gasteiger partial charge in [-0.25, -0.2) is 9.97 Å². The predicted molar refractivity (Wildman–Crippen MR) is 169 cm³/mol. The van der Waals surface area contributed by atoms with E-state index in [1.807, 2.05) is 39.8 Å². The minimum Gasteiger partial charge on any atom is -0.657 e. The van der Waals surface area contributed by atoms with Gasteiger partial charge < -0.3 is 30.4 Å². The first-order valence-electron chi connectivity index (χ1n) is 14.6. The molecule has 3 aromatic heterocycles. The van der Waals surface area contributed by atoms with Crippen molar-refractivity contribution in [3.63, 3.8) is 0 Å². The predicted octanol–water partition coefficient (Wildman–Crippen LogP) is 5.36. The third kappa shape index (κ3) is 6.57. The van der Waals surface area contributed by atoms with E-state index in [-0.39, 0.29) is 45.2 Å². The molecule has 5 rings (SSSR count). The van der Waals surface area contributed by atoms with Crippen LogP contribution in [0, 0.1) is 13.8 Å². The molecular weight excluding hydrogens is 663 g/mol. The smallest absolute Gasteiger partial charge is 0.657 e. The van der Waals surface area contributed by atoms with Crippen molar-refractivity contribution in [3.8, 4) is 0 Å². The molecule has 1 radical (unpaired) electrons. The number of aliphatic carboxylic acids is 2. The summed E-state index contributed by atoms with van der Waals surface area (Å²) in [5.74, 6) is -1.86. The maximum Gasteiger partial charge on any atom is 2.00 e. The van der Waals surface area contributed by atoms with E-state index in [9.17, 15) is 30.0 Å². The van der Waals surface area contributed by atoms with E-state index in [0.29, 0.717) is 56.0 Å². The van der Waals surface area contributed by atoms with E-state index < -0.39 is 24.1 Å². The van der Waals surface area contributed by atoms with Crippen LogP contribution < -0.4 is 9.97 Å². The Morgan fingerprint density at radius 2 is 1.20 bits per heavy atom. The van der Waals surface area contributed by atoms with Gasteiger partial charge in [-0.2, -0.15) is 0 Å². The van der Waals surface area contributed by atoms with Crippen LogP contribution in [-0.4, -0.2) is 48.4 Å². The fourth-order valence-electron chi connectivity index (χ4n) is 6.15. The second-order valence-corrected chi connectivity index (χ2v) is 11.5. The number of carboxylic acid groups (broad SMARTS) is 2. The molecule has 0 aliphatic carbocycles. The Labute approximate surface area is 273 Å². The van der Waals surface area contributed by atoms with Crippen LogP contribution in [0.3, 0.4) is 0 Å². The summed E-state index contributed by atoms with van der Waals surface area (Å²) in [5.41, 5.74) is 10.6. The first-order valence-corrected chi connectivity index (χ1v) is 14.6. The Morgan fingerprint density at radius 3 is 1.82 bits per heavy atom. The van der Waals surface area contributed by atoms with Crippen molar-refractivity contribution in [2.45, 2.75) is 79.4 Å². The molecule has 5 heterocycles. The molecule has 3 aromatic rings. The molecular formula is C34H36N4O6Rh. The maximum absolute atomic E-state index is 11.5. The van der Waals surface area contributed by atoms with Gasteiger partial charge in [-0.3, -0.25) is 9.59 Å². The normalized spacial score (nSPS) is 14.4. The number of aliphatic hydroxyl groups excluding tert-OH is 2. The van der Waals surface area contributed by atoms with E-state index in [2.05, 4.69) is 0 Å². The zero-order valence-electron chi connectivity index (χ0n) is 26.0. The largest absolute Gasteiger partial charge is 2.00 e. The van der Waals surface area contributed by atoms with E-state index in [4.69, 9.17) is 19.9 Å². The number of aromatic nitrogens is 4. The van der Waals surface area contributed by atoms with Crippen molar-refractivity contribution in [1.29, 1.82) is 0 Å². The van der Waals surface area contributed by atoms with Crippen molar-refractivity contribution in [1.82, 2.24) is 19.9 Å². The summed E-state index contributed by atoms with van der Waals surface area (Å²) in [6, 6.07) is 7.25. The summed E-state index contributed by atoms with van der Waals surface area (Å²) in [4.78, 5) is 42.6. The number of carbonyl (C=O) groups is 2. The van der Waals surface area contributed by atoms with Crippen LogP contribution in [0.4, 0.5) is 0 Å². The Bertz CT molecular complexity index is 1930. The zero-order chi connectivity index (χ0) is 32.0. The van der Waals surface area contributed by atoms with Gasteiger partial charge in [0.25, 0.3) is 0 Å². The summed E-state index contributed by atoms with van der Waals surface area (Å²) in [6.07, 6.45) is -1.32. The summed E-state index contributed by atoms with van der Waals surface area (Å²) in [6.45, 7) is 10.9. The molecule has 0 saturated heterocycles. The molecule has 4 N–H and O–H groups in total. The monoisotopic (exact) mass is 699 g/mol. The van der Waals surface area contributed by atoms with Gasteiger partial charge in [0.1, 0.15) is 0 Å². The van der Waals surface area contributed by atoms with Crippen LogP contribution >= 0.6 is 0 Å². The number of carboxylic acids is 2. The van der Waals surface area contributed by atoms with E-state index in [0.717, 1.165) is 33.4 Å². The van der Waals surface area contributed by atoms with Crippen molar-refractivity contribution in [3.05, 3.63) is 69.3 Å². The van der Waals surface area contributed by atoms with Gasteiger partial charge in [0.2, 0.25) is 0 Å². The van der Waals surface area contributed by atoms with Gasteiger partial charge >= 0.3 is 31.4 Å². The van der Waals surface area contributed by atoms with Crippen molar-refractivity contribution in [2.75, 3.05) is 0 Å². The van der Waals surface area contributed by atoms with Crippen LogP contribution in [-0.2, 0) is 35.5 Å². The summed E-state index contributed by atoms with van der Waals surface area (Å²) >= 11 is 0. The number of aryl methyl sites for hydroxylation is 3. The molecule has 0 saturated carbocycles. The Kier molecular flexibility index (Phi) is 9.97. The number of fused-ring (bicyclic) bond motifs is 8. The van der Waals surface area contributed by atoms with Crippen LogP contribution in [0.1, 0.15) is 98.1 Å². The summed E-state index contributed by atoms with van der Waals surface area (Å²) < 4.78 is 0. The Hall–Kier alpha value is -3.92. The minimum absolute atomic E-state index is 0. The van der Waals surface area contributed by atoms with Gasteiger partial charge in [0.05, 0.1) is 35.0 Å². The number of rotatable bonds is 8. The fourth-order valence-corrected chi connectivity index (χ4v) is 6.15. The number of hydrogen-bond acceptors (Lipinski definition) is 6. The molecule has 0 amide bonds. The number of allylic oxidation sites excluding steroid dienone is 3. The van der Waals surface area contributed by atoms with Gasteiger partial charge in [-0.05, 0) is 76.7 Å². The molecule has 0 aromatic carbocycles. The quantitative estimate of drug-likeness (QED) is 0.225. The van der Waals surface area contributed by atoms with E-state index >= 15 is 0 Å². The molecule has 2 unspecified atom stereocenters. The number of nitrogens with zero attached hydrogens (tertiary/aromatic N) is 4. The molecule has 2 aliphatic rings. The van der Waals surface area contributed by atoms with Crippen molar-refractivity contribution >= 4 is 56.3 Å². The minimum atomic E-state index is -0.931. The number of aliphatic hydroxyl groups is 2. The first kappa shape index (κ1) is 34.0.